The van der Waals surface area contributed by atoms with Crippen molar-refractivity contribution in [3.05, 3.63) is 45.5 Å². The lowest BCUT2D eigenvalue weighted by molar-refractivity contribution is 0.0690. The van der Waals surface area contributed by atoms with E-state index < -0.39 is 5.97 Å². The van der Waals surface area contributed by atoms with Crippen LogP contribution in [0.5, 0.6) is 0 Å². The molecule has 2 N–H and O–H groups in total. The Morgan fingerprint density at radius 1 is 1.21 bits per heavy atom. The van der Waals surface area contributed by atoms with Crippen molar-refractivity contribution in [1.29, 1.82) is 0 Å². The molecule has 1 atom stereocenters. The van der Waals surface area contributed by atoms with E-state index in [4.69, 9.17) is 4.98 Å². The van der Waals surface area contributed by atoms with Crippen molar-refractivity contribution in [3.8, 4) is 0 Å². The molecule has 3 aromatic rings. The van der Waals surface area contributed by atoms with Gasteiger partial charge in [-0.2, -0.15) is 5.10 Å². The first-order chi connectivity index (χ1) is 15.5. The molecule has 0 bridgehead atoms. The second-order valence-corrected chi connectivity index (χ2v) is 9.91. The molecule has 1 saturated heterocycles. The van der Waals surface area contributed by atoms with E-state index >= 15 is 0 Å². The van der Waals surface area contributed by atoms with Gasteiger partial charge in [-0.1, -0.05) is 19.9 Å². The van der Waals surface area contributed by atoms with Crippen molar-refractivity contribution in [2.45, 2.75) is 46.6 Å². The van der Waals surface area contributed by atoms with Crippen LogP contribution in [-0.4, -0.2) is 43.5 Å². The Hall–Kier alpha value is -3.36. The Morgan fingerprint density at radius 3 is 2.52 bits per heavy atom. The Bertz CT molecular complexity index is 1280. The molecule has 9 nitrogen and oxygen atoms in total. The average molecular weight is 453 g/mol. The van der Waals surface area contributed by atoms with Gasteiger partial charge < -0.3 is 15.3 Å². The number of fused-ring (bicyclic) bond motifs is 1. The summed E-state index contributed by atoms with van der Waals surface area (Å²) in [7, 11) is 3.46. The van der Waals surface area contributed by atoms with Crippen LogP contribution in [0.4, 0.5) is 11.6 Å². The fourth-order valence-electron chi connectivity index (χ4n) is 4.53. The zero-order valence-electron chi connectivity index (χ0n) is 20.1. The number of rotatable bonds is 5. The van der Waals surface area contributed by atoms with E-state index in [9.17, 15) is 14.7 Å². The van der Waals surface area contributed by atoms with Gasteiger partial charge in [0, 0.05) is 38.9 Å². The van der Waals surface area contributed by atoms with Crippen LogP contribution in [0.25, 0.3) is 10.9 Å². The van der Waals surface area contributed by atoms with Crippen LogP contribution in [0.2, 0.25) is 0 Å². The van der Waals surface area contributed by atoms with Crippen molar-refractivity contribution in [2.24, 2.45) is 19.5 Å². The minimum Gasteiger partial charge on any atom is -0.476 e. The summed E-state index contributed by atoms with van der Waals surface area (Å²) in [5.74, 6) is -0.422. The standard InChI is InChI=1S/C24H32N6O3/c1-14-11-16(15(2)25-18-13-28(5)27-20(18)22(32)33)19-17(12-14)21(31)29(6)23(26-19)30-9-7-24(3,4)8-10-30/h11-13,15,25H,7-10H2,1-6H3,(H,32,33). The van der Waals surface area contributed by atoms with Crippen molar-refractivity contribution < 1.29 is 9.90 Å². The number of nitrogens with zero attached hydrogens (tertiary/aromatic N) is 5. The largest absolute Gasteiger partial charge is 0.476 e. The van der Waals surface area contributed by atoms with Crippen LogP contribution in [0.1, 0.15) is 61.3 Å². The Labute approximate surface area is 193 Å². The van der Waals surface area contributed by atoms with Crippen LogP contribution < -0.4 is 15.8 Å². The van der Waals surface area contributed by atoms with Crippen LogP contribution in [0, 0.1) is 12.3 Å². The molecule has 9 heteroatoms. The van der Waals surface area contributed by atoms with Crippen LogP contribution >= 0.6 is 0 Å². The van der Waals surface area contributed by atoms with Gasteiger partial charge in [0.15, 0.2) is 5.69 Å². The summed E-state index contributed by atoms with van der Waals surface area (Å²) in [5, 5.41) is 17.3. The molecule has 33 heavy (non-hydrogen) atoms. The van der Waals surface area contributed by atoms with Gasteiger partial charge in [-0.3, -0.25) is 14.0 Å². The van der Waals surface area contributed by atoms with Gasteiger partial charge in [0.2, 0.25) is 5.95 Å². The molecule has 176 valence electrons. The molecule has 0 saturated carbocycles. The van der Waals surface area contributed by atoms with Crippen LogP contribution in [0.3, 0.4) is 0 Å². The number of carbonyl (C=O) groups is 1. The first kappa shape index (κ1) is 22.8. The monoisotopic (exact) mass is 452 g/mol. The highest BCUT2D eigenvalue weighted by molar-refractivity contribution is 5.92. The number of aromatic nitrogens is 4. The van der Waals surface area contributed by atoms with Gasteiger partial charge in [0.1, 0.15) is 0 Å². The van der Waals surface area contributed by atoms with Gasteiger partial charge >= 0.3 is 5.97 Å². The van der Waals surface area contributed by atoms with E-state index in [0.717, 1.165) is 37.1 Å². The molecule has 0 spiro atoms. The van der Waals surface area contributed by atoms with Gasteiger partial charge in [0.05, 0.1) is 22.6 Å². The first-order valence-electron chi connectivity index (χ1n) is 11.3. The third-order valence-corrected chi connectivity index (χ3v) is 6.60. The maximum absolute atomic E-state index is 13.3. The Kier molecular flexibility index (Phi) is 5.67. The summed E-state index contributed by atoms with van der Waals surface area (Å²) < 4.78 is 3.11. The minimum atomic E-state index is -1.10. The maximum atomic E-state index is 13.3. The molecule has 0 aliphatic carbocycles. The van der Waals surface area contributed by atoms with E-state index in [-0.39, 0.29) is 17.3 Å². The van der Waals surface area contributed by atoms with Crippen molar-refractivity contribution in [2.75, 3.05) is 23.3 Å². The van der Waals surface area contributed by atoms with Crippen molar-refractivity contribution in [3.63, 3.8) is 0 Å². The summed E-state index contributed by atoms with van der Waals surface area (Å²) >= 11 is 0. The highest BCUT2D eigenvalue weighted by Gasteiger charge is 2.28. The third kappa shape index (κ3) is 4.31. The van der Waals surface area contributed by atoms with E-state index in [2.05, 4.69) is 29.2 Å². The van der Waals surface area contributed by atoms with Crippen LogP contribution in [0.15, 0.2) is 23.1 Å². The van der Waals surface area contributed by atoms with Gasteiger partial charge in [0.25, 0.3) is 5.56 Å². The number of piperidine rings is 1. The zero-order valence-corrected chi connectivity index (χ0v) is 20.1. The smallest absolute Gasteiger partial charge is 0.358 e. The number of aryl methyl sites for hydroxylation is 2. The SMILES string of the molecule is Cc1cc(C(C)Nc2cn(C)nc2C(=O)O)c2nc(N3CCC(C)(C)CC3)n(C)c(=O)c2c1. The summed E-state index contributed by atoms with van der Waals surface area (Å²) in [6.45, 7) is 10.1. The lowest BCUT2D eigenvalue weighted by Crippen LogP contribution is -2.40. The number of aromatic carboxylic acids is 1. The lowest BCUT2D eigenvalue weighted by Gasteiger charge is -2.38. The van der Waals surface area contributed by atoms with E-state index in [1.165, 1.54) is 4.68 Å². The topological polar surface area (TPSA) is 105 Å². The fraction of sp³-hybridized carbons (Fsp3) is 0.500. The molecule has 2 aromatic heterocycles. The average Bonchev–Trinajstić information content (AvgIpc) is 3.11. The molecule has 3 heterocycles. The van der Waals surface area contributed by atoms with Gasteiger partial charge in [-0.05, 0) is 43.7 Å². The van der Waals surface area contributed by atoms with Crippen molar-refractivity contribution in [1.82, 2.24) is 19.3 Å². The van der Waals surface area contributed by atoms with Gasteiger partial charge in [-0.25, -0.2) is 9.78 Å². The molecule has 1 aliphatic rings. The number of hydrogen-bond acceptors (Lipinski definition) is 6. The molecule has 1 aromatic carbocycles. The molecule has 0 radical (unpaired) electrons. The zero-order chi connectivity index (χ0) is 24.1. The highest BCUT2D eigenvalue weighted by atomic mass is 16.4. The molecule has 1 aliphatic heterocycles. The molecular formula is C24H32N6O3. The molecule has 1 unspecified atom stereocenters. The number of carboxylic acid groups (broad SMARTS) is 1. The highest BCUT2D eigenvalue weighted by Crippen LogP contribution is 2.33. The summed E-state index contributed by atoms with van der Waals surface area (Å²) in [6.07, 6.45) is 3.72. The van der Waals surface area contributed by atoms with E-state index in [1.54, 1.807) is 24.9 Å². The summed E-state index contributed by atoms with van der Waals surface area (Å²) in [5.41, 5.74) is 3.03. The summed E-state index contributed by atoms with van der Waals surface area (Å²) in [6, 6.07) is 3.59. The third-order valence-electron chi connectivity index (χ3n) is 6.60. The molecule has 1 fully saturated rings. The molecule has 0 amide bonds. The van der Waals surface area contributed by atoms with Gasteiger partial charge in [-0.15, -0.1) is 0 Å². The minimum absolute atomic E-state index is 0.0400. The number of hydrogen-bond donors (Lipinski definition) is 2. The fourth-order valence-corrected chi connectivity index (χ4v) is 4.53. The predicted octanol–water partition coefficient (Wildman–Crippen LogP) is 3.47. The lowest BCUT2D eigenvalue weighted by atomic mass is 9.83. The quantitative estimate of drug-likeness (QED) is 0.611. The molecular weight excluding hydrogens is 420 g/mol. The predicted molar refractivity (Wildman–Crippen MR) is 129 cm³/mol. The Morgan fingerprint density at radius 2 is 1.88 bits per heavy atom. The first-order valence-corrected chi connectivity index (χ1v) is 11.3. The normalized spacial score (nSPS) is 16.7. The Balaban J connectivity index is 1.79. The van der Waals surface area contributed by atoms with Crippen molar-refractivity contribution >= 4 is 28.5 Å². The number of carboxylic acids is 1. The number of benzene rings is 1. The number of anilines is 2. The molecule has 4 rings (SSSR count). The maximum Gasteiger partial charge on any atom is 0.358 e. The van der Waals surface area contributed by atoms with E-state index in [0.29, 0.717) is 28.0 Å². The van der Waals surface area contributed by atoms with Crippen LogP contribution in [-0.2, 0) is 14.1 Å². The second kappa shape index (κ2) is 8.20. The summed E-state index contributed by atoms with van der Waals surface area (Å²) in [4.78, 5) is 32.1. The number of nitrogens with one attached hydrogen (secondary N) is 1. The second-order valence-electron chi connectivity index (χ2n) is 9.91. The van der Waals surface area contributed by atoms with E-state index in [1.807, 2.05) is 26.0 Å².